The highest BCUT2D eigenvalue weighted by Gasteiger charge is 2.49. The molecular formula is C32H32ClF2N5O2. The monoisotopic (exact) mass is 591 g/mol. The average Bonchev–Trinajstić information content (AvgIpc) is 3.62. The Morgan fingerprint density at radius 1 is 1.07 bits per heavy atom. The summed E-state index contributed by atoms with van der Waals surface area (Å²) in [6.07, 6.45) is 3.57. The molecule has 3 unspecified atom stereocenters. The van der Waals surface area contributed by atoms with Gasteiger partial charge in [-0.15, -0.1) is 0 Å². The molecule has 3 aromatic carbocycles. The van der Waals surface area contributed by atoms with Gasteiger partial charge in [0.15, 0.2) is 5.82 Å². The van der Waals surface area contributed by atoms with Gasteiger partial charge in [-0.25, -0.2) is 8.78 Å². The zero-order valence-electron chi connectivity index (χ0n) is 23.1. The zero-order valence-corrected chi connectivity index (χ0v) is 23.9. The van der Waals surface area contributed by atoms with Crippen LogP contribution in [-0.4, -0.2) is 76.6 Å². The number of piperazine rings is 1. The molecule has 2 N–H and O–H groups in total. The van der Waals surface area contributed by atoms with Crippen molar-refractivity contribution in [3.05, 3.63) is 53.3 Å². The molecule has 0 aliphatic carbocycles. The highest BCUT2D eigenvalue weighted by Crippen LogP contribution is 2.44. The highest BCUT2D eigenvalue weighted by atomic mass is 35.5. The molecule has 8 rings (SSSR count). The quantitative estimate of drug-likeness (QED) is 0.302. The summed E-state index contributed by atoms with van der Waals surface area (Å²) in [4.78, 5) is 13.8. The van der Waals surface area contributed by atoms with E-state index in [0.29, 0.717) is 41.8 Å². The number of phenols is 1. The minimum Gasteiger partial charge on any atom is -0.508 e. The molecule has 42 heavy (non-hydrogen) atoms. The summed E-state index contributed by atoms with van der Waals surface area (Å²) >= 11 is 6.86. The second-order valence-corrected chi connectivity index (χ2v) is 12.8. The topological polar surface area (TPSA) is 73.8 Å². The standard InChI is InChI=1S/C32H32ClF2N5O2/c33-26-12-25-29(28(35)27(26)24-11-22(41)10-18-4-1-2-5-23(18)24)37-31(38-30(25)39-15-20-6-7-21(16-39)36-20)42-17-32-8-3-9-40(32)14-19(34)13-32/h1-2,4-5,10-12,19-21,36,41H,3,6-9,13-17H2/t19?,20?,21?,32-/m0/s1. The Morgan fingerprint density at radius 3 is 2.71 bits per heavy atom. The Morgan fingerprint density at radius 2 is 1.88 bits per heavy atom. The van der Waals surface area contributed by atoms with Gasteiger partial charge in [-0.05, 0) is 66.8 Å². The zero-order chi connectivity index (χ0) is 28.6. The van der Waals surface area contributed by atoms with Gasteiger partial charge in [-0.3, -0.25) is 4.90 Å². The van der Waals surface area contributed by atoms with Crippen molar-refractivity contribution in [2.75, 3.05) is 37.7 Å². The minimum absolute atomic E-state index is 0.0195. The van der Waals surface area contributed by atoms with Gasteiger partial charge in [-0.2, -0.15) is 9.97 Å². The number of aromatic nitrogens is 2. The van der Waals surface area contributed by atoms with E-state index in [4.69, 9.17) is 21.3 Å². The largest absolute Gasteiger partial charge is 0.508 e. The number of alkyl halides is 1. The van der Waals surface area contributed by atoms with E-state index in [9.17, 15) is 9.50 Å². The van der Waals surface area contributed by atoms with Crippen LogP contribution in [0.15, 0.2) is 42.5 Å². The number of rotatable bonds is 5. The lowest BCUT2D eigenvalue weighted by molar-refractivity contribution is 0.107. The van der Waals surface area contributed by atoms with E-state index in [1.807, 2.05) is 24.3 Å². The van der Waals surface area contributed by atoms with Crippen molar-refractivity contribution >= 4 is 39.1 Å². The van der Waals surface area contributed by atoms with Crippen LogP contribution >= 0.6 is 11.6 Å². The third kappa shape index (κ3) is 4.28. The van der Waals surface area contributed by atoms with Gasteiger partial charge in [0.2, 0.25) is 0 Å². The number of phenolic OH excluding ortho intramolecular Hbond substituents is 1. The van der Waals surface area contributed by atoms with E-state index < -0.39 is 12.0 Å². The number of fused-ring (bicyclic) bond motifs is 5. The fraction of sp³-hybridized carbons (Fsp3) is 0.438. The van der Waals surface area contributed by atoms with Crippen LogP contribution in [0.5, 0.6) is 11.8 Å². The average molecular weight is 592 g/mol. The van der Waals surface area contributed by atoms with Crippen LogP contribution in [-0.2, 0) is 0 Å². The second-order valence-electron chi connectivity index (χ2n) is 12.4. The van der Waals surface area contributed by atoms with Gasteiger partial charge in [0.25, 0.3) is 0 Å². The second kappa shape index (κ2) is 9.89. The molecule has 0 spiro atoms. The number of halogens is 3. The lowest BCUT2D eigenvalue weighted by Gasteiger charge is -2.34. The number of aromatic hydroxyl groups is 1. The number of ether oxygens (including phenoxy) is 1. The fourth-order valence-electron chi connectivity index (χ4n) is 7.83. The molecule has 4 aromatic rings. The van der Waals surface area contributed by atoms with E-state index in [-0.39, 0.29) is 40.0 Å². The first kappa shape index (κ1) is 26.4. The normalized spacial score (nSPS) is 27.3. The SMILES string of the molecule is Oc1cc(-c2c(Cl)cc3c(N4CC5CCC(C4)N5)nc(OC[C@@]45CCCN4CC(F)C5)nc3c2F)c2ccccc2c1. The van der Waals surface area contributed by atoms with Crippen molar-refractivity contribution in [2.45, 2.75) is 55.9 Å². The Kier molecular flexibility index (Phi) is 6.21. The molecule has 4 aliphatic rings. The maximum Gasteiger partial charge on any atom is 0.319 e. The van der Waals surface area contributed by atoms with E-state index in [1.54, 1.807) is 12.1 Å². The molecule has 1 aromatic heterocycles. The Bertz CT molecular complexity index is 1710. The number of anilines is 1. The van der Waals surface area contributed by atoms with Gasteiger partial charge in [0.05, 0.1) is 10.6 Å². The van der Waals surface area contributed by atoms with Gasteiger partial charge >= 0.3 is 6.01 Å². The Balaban J connectivity index is 1.27. The number of nitrogens with one attached hydrogen (secondary N) is 1. The smallest absolute Gasteiger partial charge is 0.319 e. The van der Waals surface area contributed by atoms with Crippen LogP contribution < -0.4 is 15.0 Å². The van der Waals surface area contributed by atoms with Crippen molar-refractivity contribution in [1.29, 1.82) is 0 Å². The number of hydrogen-bond acceptors (Lipinski definition) is 7. The maximum atomic E-state index is 16.8. The fourth-order valence-corrected chi connectivity index (χ4v) is 8.13. The third-order valence-electron chi connectivity index (χ3n) is 9.71. The molecule has 4 fully saturated rings. The predicted molar refractivity (Wildman–Crippen MR) is 160 cm³/mol. The van der Waals surface area contributed by atoms with Crippen LogP contribution in [0.3, 0.4) is 0 Å². The lowest BCUT2D eigenvalue weighted by atomic mass is 9.95. The minimum atomic E-state index is -0.877. The van der Waals surface area contributed by atoms with Gasteiger partial charge in [-0.1, -0.05) is 35.9 Å². The molecule has 0 saturated carbocycles. The summed E-state index contributed by atoms with van der Waals surface area (Å²) in [6.45, 7) is 3.00. The summed E-state index contributed by atoms with van der Waals surface area (Å²) in [7, 11) is 0. The molecule has 7 nitrogen and oxygen atoms in total. The first-order valence-electron chi connectivity index (χ1n) is 14.8. The predicted octanol–water partition coefficient (Wildman–Crippen LogP) is 5.84. The third-order valence-corrected chi connectivity index (χ3v) is 10.0. The molecule has 218 valence electrons. The molecule has 4 aliphatic heterocycles. The van der Waals surface area contributed by atoms with E-state index in [2.05, 4.69) is 20.1 Å². The van der Waals surface area contributed by atoms with Crippen molar-refractivity contribution in [1.82, 2.24) is 20.2 Å². The van der Waals surface area contributed by atoms with E-state index in [0.717, 1.165) is 56.1 Å². The molecule has 0 amide bonds. The van der Waals surface area contributed by atoms with Crippen LogP contribution in [0.4, 0.5) is 14.6 Å². The first-order valence-corrected chi connectivity index (χ1v) is 15.2. The molecule has 4 saturated heterocycles. The molecule has 4 atom stereocenters. The van der Waals surface area contributed by atoms with Crippen molar-refractivity contribution in [2.24, 2.45) is 0 Å². The summed E-state index contributed by atoms with van der Waals surface area (Å²) in [5.41, 5.74) is 0.390. The lowest BCUT2D eigenvalue weighted by Crippen LogP contribution is -2.51. The van der Waals surface area contributed by atoms with Crippen LogP contribution in [0.25, 0.3) is 32.8 Å². The maximum absolute atomic E-state index is 16.8. The van der Waals surface area contributed by atoms with Crippen LogP contribution in [0.2, 0.25) is 5.02 Å². The van der Waals surface area contributed by atoms with Crippen molar-refractivity contribution in [3.8, 4) is 22.9 Å². The summed E-state index contributed by atoms with van der Waals surface area (Å²) in [6, 6.07) is 13.2. The van der Waals surface area contributed by atoms with Gasteiger partial charge < -0.3 is 20.1 Å². The van der Waals surface area contributed by atoms with Crippen LogP contribution in [0, 0.1) is 5.82 Å². The molecule has 0 radical (unpaired) electrons. The molecule has 10 heteroatoms. The van der Waals surface area contributed by atoms with Gasteiger partial charge in [0, 0.05) is 49.1 Å². The van der Waals surface area contributed by atoms with Crippen LogP contribution in [0.1, 0.15) is 32.1 Å². The first-order chi connectivity index (χ1) is 20.4. The Labute approximate surface area is 247 Å². The number of hydrogen-bond donors (Lipinski definition) is 2. The van der Waals surface area contributed by atoms with E-state index >= 15 is 4.39 Å². The highest BCUT2D eigenvalue weighted by molar-refractivity contribution is 6.35. The molecule has 2 bridgehead atoms. The number of nitrogens with zero attached hydrogens (tertiary/aromatic N) is 4. The summed E-state index contributed by atoms with van der Waals surface area (Å²) in [5, 5.41) is 16.4. The number of benzene rings is 3. The van der Waals surface area contributed by atoms with E-state index in [1.165, 1.54) is 6.07 Å². The summed E-state index contributed by atoms with van der Waals surface area (Å²) < 4.78 is 37.5. The molecular weight excluding hydrogens is 560 g/mol. The van der Waals surface area contributed by atoms with Crippen molar-refractivity contribution < 1.29 is 18.6 Å². The van der Waals surface area contributed by atoms with Gasteiger partial charge in [0.1, 0.15) is 29.9 Å². The Hall–Kier alpha value is -3.27. The van der Waals surface area contributed by atoms with Crippen molar-refractivity contribution in [3.63, 3.8) is 0 Å². The molecule has 5 heterocycles. The summed E-state index contributed by atoms with van der Waals surface area (Å²) in [5.74, 6) is 0.0216.